The van der Waals surface area contributed by atoms with Crippen molar-refractivity contribution in [3.63, 3.8) is 0 Å². The molecule has 4 nitrogen and oxygen atoms in total. The Bertz CT molecular complexity index is 307. The third kappa shape index (κ3) is 3.10. The summed E-state index contributed by atoms with van der Waals surface area (Å²) in [6.07, 6.45) is 5.71. The molecule has 88 valence electrons. The zero-order chi connectivity index (χ0) is 11.2. The Hall–Kier alpha value is -1.29. The molecule has 0 amide bonds. The first-order chi connectivity index (χ1) is 7.88. The number of ether oxygens (including phenoxy) is 1. The summed E-state index contributed by atoms with van der Waals surface area (Å²) < 4.78 is 5.01. The highest BCUT2D eigenvalue weighted by Crippen LogP contribution is 2.12. The SMILES string of the molecule is COc1ccc(NCC2CCCCN2)cn1. The molecular weight excluding hydrogens is 202 g/mol. The van der Waals surface area contributed by atoms with Gasteiger partial charge in [-0.1, -0.05) is 6.42 Å². The Balaban J connectivity index is 1.79. The molecule has 2 N–H and O–H groups in total. The zero-order valence-corrected chi connectivity index (χ0v) is 9.70. The van der Waals surface area contributed by atoms with Crippen molar-refractivity contribution >= 4 is 5.69 Å². The number of piperidine rings is 1. The van der Waals surface area contributed by atoms with Gasteiger partial charge < -0.3 is 15.4 Å². The van der Waals surface area contributed by atoms with Gasteiger partial charge in [0.2, 0.25) is 5.88 Å². The molecule has 2 rings (SSSR count). The fourth-order valence-electron chi connectivity index (χ4n) is 1.94. The Morgan fingerprint density at radius 2 is 2.44 bits per heavy atom. The molecule has 0 saturated carbocycles. The molecule has 0 bridgehead atoms. The van der Waals surface area contributed by atoms with Crippen LogP contribution in [0.2, 0.25) is 0 Å². The maximum atomic E-state index is 5.01. The minimum Gasteiger partial charge on any atom is -0.481 e. The van der Waals surface area contributed by atoms with E-state index in [1.54, 1.807) is 7.11 Å². The molecule has 1 aromatic heterocycles. The van der Waals surface area contributed by atoms with Gasteiger partial charge >= 0.3 is 0 Å². The van der Waals surface area contributed by atoms with Gasteiger partial charge in [-0.2, -0.15) is 0 Å². The van der Waals surface area contributed by atoms with Crippen molar-refractivity contribution in [2.45, 2.75) is 25.3 Å². The highest BCUT2D eigenvalue weighted by atomic mass is 16.5. The highest BCUT2D eigenvalue weighted by Gasteiger charge is 2.11. The number of rotatable bonds is 4. The summed E-state index contributed by atoms with van der Waals surface area (Å²) >= 11 is 0. The third-order valence-corrected chi connectivity index (χ3v) is 2.91. The lowest BCUT2D eigenvalue weighted by atomic mass is 10.1. The predicted octanol–water partition coefficient (Wildman–Crippen LogP) is 1.64. The fourth-order valence-corrected chi connectivity index (χ4v) is 1.94. The molecule has 1 unspecified atom stereocenters. The molecule has 4 heteroatoms. The number of nitrogens with one attached hydrogen (secondary N) is 2. The summed E-state index contributed by atoms with van der Waals surface area (Å²) in [4.78, 5) is 4.16. The first-order valence-electron chi connectivity index (χ1n) is 5.86. The molecule has 1 atom stereocenters. The topological polar surface area (TPSA) is 46.2 Å². The van der Waals surface area contributed by atoms with Crippen LogP contribution in [0.1, 0.15) is 19.3 Å². The summed E-state index contributed by atoms with van der Waals surface area (Å²) in [5, 5.41) is 6.89. The van der Waals surface area contributed by atoms with Gasteiger partial charge in [-0.3, -0.25) is 0 Å². The number of nitrogens with zero attached hydrogens (tertiary/aromatic N) is 1. The van der Waals surface area contributed by atoms with Crippen LogP contribution in [-0.4, -0.2) is 31.2 Å². The van der Waals surface area contributed by atoms with Gasteiger partial charge in [0.1, 0.15) is 0 Å². The lowest BCUT2D eigenvalue weighted by Gasteiger charge is -2.23. The first kappa shape index (κ1) is 11.2. The van der Waals surface area contributed by atoms with Crippen molar-refractivity contribution in [3.8, 4) is 5.88 Å². The molecule has 0 radical (unpaired) electrons. The van der Waals surface area contributed by atoms with Crippen LogP contribution in [0.15, 0.2) is 18.3 Å². The Kier molecular flexibility index (Phi) is 3.99. The standard InChI is InChI=1S/C12H19N3O/c1-16-12-6-5-11(9-15-12)14-8-10-4-2-3-7-13-10/h5-6,9-10,13-14H,2-4,7-8H2,1H3. The first-order valence-corrected chi connectivity index (χ1v) is 5.86. The molecule has 0 aliphatic carbocycles. The average molecular weight is 221 g/mol. The molecular formula is C12H19N3O. The maximum Gasteiger partial charge on any atom is 0.213 e. The monoisotopic (exact) mass is 221 g/mol. The van der Waals surface area contributed by atoms with Gasteiger partial charge in [0.05, 0.1) is 19.0 Å². The highest BCUT2D eigenvalue weighted by molar-refractivity contribution is 5.42. The number of hydrogen-bond donors (Lipinski definition) is 2. The maximum absolute atomic E-state index is 5.01. The van der Waals surface area contributed by atoms with Gasteiger partial charge in [-0.25, -0.2) is 4.98 Å². The van der Waals surface area contributed by atoms with Crippen LogP contribution >= 0.6 is 0 Å². The van der Waals surface area contributed by atoms with E-state index in [9.17, 15) is 0 Å². The van der Waals surface area contributed by atoms with Crippen LogP contribution in [-0.2, 0) is 0 Å². The lowest BCUT2D eigenvalue weighted by molar-refractivity contribution is 0.398. The summed E-state index contributed by atoms with van der Waals surface area (Å²) in [6.45, 7) is 2.11. The van der Waals surface area contributed by atoms with Crippen LogP contribution in [0.5, 0.6) is 5.88 Å². The van der Waals surface area contributed by atoms with E-state index in [-0.39, 0.29) is 0 Å². The molecule has 0 aromatic carbocycles. The number of methoxy groups -OCH3 is 1. The number of aromatic nitrogens is 1. The molecule has 1 aromatic rings. The summed E-state index contributed by atoms with van der Waals surface area (Å²) in [6, 6.07) is 4.46. The van der Waals surface area contributed by atoms with Crippen molar-refractivity contribution in [1.29, 1.82) is 0 Å². The minimum absolute atomic E-state index is 0.593. The van der Waals surface area contributed by atoms with Gasteiger partial charge in [-0.05, 0) is 25.5 Å². The Morgan fingerprint density at radius 3 is 3.06 bits per heavy atom. The zero-order valence-electron chi connectivity index (χ0n) is 9.70. The van der Waals surface area contributed by atoms with Crippen LogP contribution < -0.4 is 15.4 Å². The largest absolute Gasteiger partial charge is 0.481 e. The predicted molar refractivity (Wildman–Crippen MR) is 64.9 cm³/mol. The summed E-state index contributed by atoms with van der Waals surface area (Å²) in [7, 11) is 1.63. The Morgan fingerprint density at radius 1 is 1.50 bits per heavy atom. The molecule has 16 heavy (non-hydrogen) atoms. The van der Waals surface area contributed by atoms with Crippen molar-refractivity contribution in [2.75, 3.05) is 25.5 Å². The van der Waals surface area contributed by atoms with E-state index in [0.29, 0.717) is 11.9 Å². The lowest BCUT2D eigenvalue weighted by Crippen LogP contribution is -2.39. The molecule has 1 aliphatic heterocycles. The summed E-state index contributed by atoms with van der Waals surface area (Å²) in [5.74, 6) is 0.654. The van der Waals surface area contributed by atoms with Crippen LogP contribution in [0.4, 0.5) is 5.69 Å². The minimum atomic E-state index is 0.593. The van der Waals surface area contributed by atoms with Crippen molar-refractivity contribution in [2.24, 2.45) is 0 Å². The molecule has 2 heterocycles. The second-order valence-corrected chi connectivity index (χ2v) is 4.12. The van der Waals surface area contributed by atoms with E-state index in [1.165, 1.54) is 19.3 Å². The van der Waals surface area contributed by atoms with Crippen molar-refractivity contribution in [3.05, 3.63) is 18.3 Å². The summed E-state index contributed by atoms with van der Waals surface area (Å²) in [5.41, 5.74) is 1.05. The van der Waals surface area contributed by atoms with Crippen LogP contribution in [0.25, 0.3) is 0 Å². The van der Waals surface area contributed by atoms with Gasteiger partial charge in [-0.15, -0.1) is 0 Å². The van der Waals surface area contributed by atoms with E-state index in [1.807, 2.05) is 18.3 Å². The Labute approximate surface area is 96.4 Å². The van der Waals surface area contributed by atoms with Crippen molar-refractivity contribution < 1.29 is 4.74 Å². The molecule has 1 saturated heterocycles. The second-order valence-electron chi connectivity index (χ2n) is 4.12. The van der Waals surface area contributed by atoms with Gasteiger partial charge in [0, 0.05) is 18.7 Å². The van der Waals surface area contributed by atoms with Crippen LogP contribution in [0.3, 0.4) is 0 Å². The van der Waals surface area contributed by atoms with E-state index in [0.717, 1.165) is 18.8 Å². The van der Waals surface area contributed by atoms with E-state index in [2.05, 4.69) is 15.6 Å². The fraction of sp³-hybridized carbons (Fsp3) is 0.583. The molecule has 1 aliphatic rings. The average Bonchev–Trinajstić information content (AvgIpc) is 2.38. The van der Waals surface area contributed by atoms with E-state index >= 15 is 0 Å². The third-order valence-electron chi connectivity index (χ3n) is 2.91. The molecule has 0 spiro atoms. The quantitative estimate of drug-likeness (QED) is 0.811. The number of hydrogen-bond acceptors (Lipinski definition) is 4. The number of pyridine rings is 1. The molecule has 1 fully saturated rings. The van der Waals surface area contributed by atoms with E-state index < -0.39 is 0 Å². The van der Waals surface area contributed by atoms with E-state index in [4.69, 9.17) is 4.74 Å². The number of anilines is 1. The van der Waals surface area contributed by atoms with Crippen molar-refractivity contribution in [1.82, 2.24) is 10.3 Å². The van der Waals surface area contributed by atoms with Crippen LogP contribution in [0, 0.1) is 0 Å². The normalized spacial score (nSPS) is 20.4. The van der Waals surface area contributed by atoms with Gasteiger partial charge in [0.25, 0.3) is 0 Å². The van der Waals surface area contributed by atoms with Gasteiger partial charge in [0.15, 0.2) is 0 Å². The second kappa shape index (κ2) is 5.70. The smallest absolute Gasteiger partial charge is 0.213 e.